The molecule has 1 aromatic heterocycles. The number of nitrogens with zero attached hydrogens (tertiary/aromatic N) is 1. The van der Waals surface area contributed by atoms with Gasteiger partial charge in [0.25, 0.3) is 0 Å². The van der Waals surface area contributed by atoms with Crippen LogP contribution in [0.1, 0.15) is 51.9 Å². The average molecular weight is 404 g/mol. The smallest absolute Gasteiger partial charge is 0.338 e. The lowest BCUT2D eigenvalue weighted by molar-refractivity contribution is 0.0474. The van der Waals surface area contributed by atoms with Crippen LogP contribution in [-0.4, -0.2) is 37.4 Å². The molecule has 150 valence electrons. The summed E-state index contributed by atoms with van der Waals surface area (Å²) in [5, 5.41) is 0. The molecule has 8 heteroatoms. The topological polar surface area (TPSA) is 94.5 Å². The van der Waals surface area contributed by atoms with Gasteiger partial charge in [-0.3, -0.25) is 4.79 Å². The Morgan fingerprint density at radius 1 is 1.21 bits per heavy atom. The molecule has 1 aliphatic carbocycles. The third-order valence-corrected chi connectivity index (χ3v) is 6.32. The van der Waals surface area contributed by atoms with Gasteiger partial charge in [-0.15, -0.1) is 0 Å². The van der Waals surface area contributed by atoms with Gasteiger partial charge in [0.05, 0.1) is 10.5 Å². The lowest BCUT2D eigenvalue weighted by atomic mass is 10.1. The Morgan fingerprint density at radius 3 is 2.54 bits per heavy atom. The first-order chi connectivity index (χ1) is 13.2. The van der Waals surface area contributed by atoms with Gasteiger partial charge in [-0.2, -0.15) is 0 Å². The van der Waals surface area contributed by atoms with Crippen molar-refractivity contribution in [2.24, 2.45) is 0 Å². The lowest BCUT2D eigenvalue weighted by Gasteiger charge is -2.08. The zero-order chi connectivity index (χ0) is 20.5. The van der Waals surface area contributed by atoms with Crippen LogP contribution in [0.4, 0.5) is 0 Å². The summed E-state index contributed by atoms with van der Waals surface area (Å²) >= 11 is 0. The van der Waals surface area contributed by atoms with Crippen molar-refractivity contribution >= 4 is 21.8 Å². The number of benzene rings is 1. The Labute approximate surface area is 164 Å². The second kappa shape index (κ2) is 7.89. The molecule has 1 aromatic carbocycles. The van der Waals surface area contributed by atoms with E-state index in [1.54, 1.807) is 6.07 Å². The summed E-state index contributed by atoms with van der Waals surface area (Å²) in [5.74, 6) is -1.03. The van der Waals surface area contributed by atoms with E-state index in [1.165, 1.54) is 24.3 Å². The van der Waals surface area contributed by atoms with Gasteiger partial charge in [-0.1, -0.05) is 6.07 Å². The highest BCUT2D eigenvalue weighted by atomic mass is 32.2. The first-order valence-corrected chi connectivity index (χ1v) is 10.7. The number of esters is 1. The number of hydrogen-bond acceptors (Lipinski definition) is 5. The summed E-state index contributed by atoms with van der Waals surface area (Å²) in [6, 6.07) is 7.39. The molecule has 3 rings (SSSR count). The highest BCUT2D eigenvalue weighted by molar-refractivity contribution is 7.89. The molecule has 2 aromatic rings. The Balaban J connectivity index is 1.68. The van der Waals surface area contributed by atoms with Crippen LogP contribution in [0, 0.1) is 13.8 Å². The van der Waals surface area contributed by atoms with Crippen LogP contribution < -0.4 is 4.72 Å². The van der Waals surface area contributed by atoms with Crippen molar-refractivity contribution in [3.05, 3.63) is 52.8 Å². The molecule has 1 N–H and O–H groups in total. The van der Waals surface area contributed by atoms with E-state index in [4.69, 9.17) is 4.74 Å². The minimum absolute atomic E-state index is 0.00617. The first kappa shape index (κ1) is 20.3. The van der Waals surface area contributed by atoms with Gasteiger partial charge >= 0.3 is 5.97 Å². The summed E-state index contributed by atoms with van der Waals surface area (Å²) < 4.78 is 34.3. The highest BCUT2D eigenvalue weighted by Crippen LogP contribution is 2.22. The fraction of sp³-hybridized carbons (Fsp3) is 0.400. The average Bonchev–Trinajstić information content (AvgIpc) is 3.42. The molecule has 1 aliphatic rings. The third kappa shape index (κ3) is 4.34. The maximum atomic E-state index is 12.4. The Kier molecular flexibility index (Phi) is 5.71. The Hall–Kier alpha value is -2.45. The quantitative estimate of drug-likeness (QED) is 0.539. The molecule has 0 bridgehead atoms. The molecule has 1 saturated carbocycles. The van der Waals surface area contributed by atoms with Crippen LogP contribution in [0.5, 0.6) is 0 Å². The monoisotopic (exact) mass is 404 g/mol. The number of aromatic nitrogens is 1. The van der Waals surface area contributed by atoms with Crippen LogP contribution in [0.15, 0.2) is 35.2 Å². The number of aryl methyl sites for hydroxylation is 1. The van der Waals surface area contributed by atoms with Crippen molar-refractivity contribution in [2.45, 2.75) is 51.1 Å². The predicted molar refractivity (Wildman–Crippen MR) is 104 cm³/mol. The maximum Gasteiger partial charge on any atom is 0.338 e. The summed E-state index contributed by atoms with van der Waals surface area (Å²) in [6.07, 6.45) is 1.64. The van der Waals surface area contributed by atoms with Crippen molar-refractivity contribution in [1.82, 2.24) is 9.29 Å². The van der Waals surface area contributed by atoms with Crippen LogP contribution in [-0.2, 0) is 21.3 Å². The fourth-order valence-corrected chi connectivity index (χ4v) is 4.49. The van der Waals surface area contributed by atoms with E-state index in [2.05, 4.69) is 4.72 Å². The molecule has 28 heavy (non-hydrogen) atoms. The lowest BCUT2D eigenvalue weighted by Crippen LogP contribution is -2.26. The SMILES string of the molecule is CCn1c(C)cc(C(=O)COC(=O)c2cccc(S(=O)(=O)NC3CC3)c2)c1C. The molecule has 1 heterocycles. The summed E-state index contributed by atoms with van der Waals surface area (Å²) in [4.78, 5) is 24.8. The largest absolute Gasteiger partial charge is 0.454 e. The third-order valence-electron chi connectivity index (χ3n) is 4.80. The number of nitrogens with one attached hydrogen (secondary N) is 1. The molecule has 0 atom stereocenters. The number of sulfonamides is 1. The van der Waals surface area contributed by atoms with Crippen LogP contribution >= 0.6 is 0 Å². The number of ketones is 1. The van der Waals surface area contributed by atoms with Gasteiger partial charge in [0.15, 0.2) is 6.61 Å². The molecular weight excluding hydrogens is 380 g/mol. The zero-order valence-corrected chi connectivity index (χ0v) is 17.0. The molecular formula is C20H24N2O5S. The van der Waals surface area contributed by atoms with Gasteiger partial charge < -0.3 is 9.30 Å². The van der Waals surface area contributed by atoms with E-state index < -0.39 is 22.6 Å². The normalized spacial score (nSPS) is 14.1. The standard InChI is InChI=1S/C20H24N2O5S/c1-4-22-13(2)10-18(14(22)3)19(23)12-27-20(24)15-6-5-7-17(11-15)28(25,26)21-16-8-9-16/h5-7,10-11,16,21H,4,8-9,12H2,1-3H3. The van der Waals surface area contributed by atoms with Crippen molar-refractivity contribution in [1.29, 1.82) is 0 Å². The number of carbonyl (C=O) groups is 2. The van der Waals surface area contributed by atoms with Crippen molar-refractivity contribution in [2.75, 3.05) is 6.61 Å². The van der Waals surface area contributed by atoms with Crippen LogP contribution in [0.3, 0.4) is 0 Å². The van der Waals surface area contributed by atoms with Gasteiger partial charge in [-0.05, 0) is 57.9 Å². The molecule has 0 spiro atoms. The highest BCUT2D eigenvalue weighted by Gasteiger charge is 2.28. The van der Waals surface area contributed by atoms with Gasteiger partial charge in [-0.25, -0.2) is 17.9 Å². The van der Waals surface area contributed by atoms with E-state index in [0.29, 0.717) is 5.56 Å². The Bertz CT molecular complexity index is 1020. The zero-order valence-electron chi connectivity index (χ0n) is 16.2. The van der Waals surface area contributed by atoms with Crippen molar-refractivity contribution in [3.63, 3.8) is 0 Å². The molecule has 0 radical (unpaired) electrons. The van der Waals surface area contributed by atoms with Crippen LogP contribution in [0.25, 0.3) is 0 Å². The summed E-state index contributed by atoms with van der Waals surface area (Å²) in [7, 11) is -3.67. The van der Waals surface area contributed by atoms with Gasteiger partial charge in [0.2, 0.25) is 15.8 Å². The molecule has 0 amide bonds. The van der Waals surface area contributed by atoms with E-state index in [-0.39, 0.29) is 22.3 Å². The number of rotatable bonds is 8. The molecule has 7 nitrogen and oxygen atoms in total. The first-order valence-electron chi connectivity index (χ1n) is 9.22. The van der Waals surface area contributed by atoms with E-state index >= 15 is 0 Å². The van der Waals surface area contributed by atoms with Crippen molar-refractivity contribution < 1.29 is 22.7 Å². The molecule has 0 unspecified atom stereocenters. The molecule has 0 aliphatic heterocycles. The number of hydrogen-bond donors (Lipinski definition) is 1. The Morgan fingerprint density at radius 2 is 1.93 bits per heavy atom. The summed E-state index contributed by atoms with van der Waals surface area (Å²) in [5.41, 5.74) is 2.42. The molecule has 0 saturated heterocycles. The second-order valence-electron chi connectivity index (χ2n) is 6.95. The van der Waals surface area contributed by atoms with Gasteiger partial charge in [0, 0.05) is 29.5 Å². The second-order valence-corrected chi connectivity index (χ2v) is 8.67. The maximum absolute atomic E-state index is 12.4. The van der Waals surface area contributed by atoms with Crippen LogP contribution in [0.2, 0.25) is 0 Å². The number of ether oxygens (including phenoxy) is 1. The number of carbonyl (C=O) groups excluding carboxylic acids is 2. The van der Waals surface area contributed by atoms with E-state index in [1.807, 2.05) is 25.3 Å². The fourth-order valence-electron chi connectivity index (χ4n) is 3.14. The van der Waals surface area contributed by atoms with E-state index in [0.717, 1.165) is 30.8 Å². The number of Topliss-reactive ketones (excluding diaryl/α,β-unsaturated/α-hetero) is 1. The minimum atomic E-state index is -3.67. The predicted octanol–water partition coefficient (Wildman–Crippen LogP) is 2.61. The van der Waals surface area contributed by atoms with Gasteiger partial charge in [0.1, 0.15) is 0 Å². The van der Waals surface area contributed by atoms with Crippen molar-refractivity contribution in [3.8, 4) is 0 Å². The summed E-state index contributed by atoms with van der Waals surface area (Å²) in [6.45, 7) is 6.12. The molecule has 1 fully saturated rings. The van der Waals surface area contributed by atoms with E-state index in [9.17, 15) is 18.0 Å². The minimum Gasteiger partial charge on any atom is -0.454 e.